The quantitative estimate of drug-likeness (QED) is 0.369. The lowest BCUT2D eigenvalue weighted by atomic mass is 10.1. The van der Waals surface area contributed by atoms with Gasteiger partial charge in [0.25, 0.3) is 0 Å². The molecule has 8 nitrogen and oxygen atoms in total. The molecule has 194 valence electrons. The third kappa shape index (κ3) is 5.02. The van der Waals surface area contributed by atoms with E-state index in [0.717, 1.165) is 0 Å². The van der Waals surface area contributed by atoms with Gasteiger partial charge >= 0.3 is 0 Å². The first-order valence-electron chi connectivity index (χ1n) is 12.3. The molecular weight excluding hydrogens is 494 g/mol. The molecule has 2 aliphatic rings. The van der Waals surface area contributed by atoms with Gasteiger partial charge in [-0.2, -0.15) is 0 Å². The molecule has 0 spiro atoms. The highest BCUT2D eigenvalue weighted by molar-refractivity contribution is 5.77. The number of rotatable bonds is 6. The molecular formula is C28H24F2N4O4. The van der Waals surface area contributed by atoms with Gasteiger partial charge in [-0.3, -0.25) is 4.79 Å². The fraction of sp³-hybridized carbons (Fsp3) is 0.250. The molecule has 0 aliphatic carbocycles. The Morgan fingerprint density at radius 2 is 1.55 bits per heavy atom. The number of piperidine rings is 1. The fourth-order valence-electron chi connectivity index (χ4n) is 4.58. The molecule has 0 unspecified atom stereocenters. The van der Waals surface area contributed by atoms with Crippen LogP contribution >= 0.6 is 0 Å². The Morgan fingerprint density at radius 1 is 0.895 bits per heavy atom. The minimum atomic E-state index is -0.375. The normalized spacial score (nSPS) is 15.1. The number of fused-ring (bicyclic) bond motifs is 1. The topological polar surface area (TPSA) is 78.7 Å². The number of carbonyl (C=O) groups excluding carboxylic acids is 1. The van der Waals surface area contributed by atoms with E-state index in [9.17, 15) is 13.6 Å². The fourth-order valence-corrected chi connectivity index (χ4v) is 4.58. The summed E-state index contributed by atoms with van der Waals surface area (Å²) in [7, 11) is 0. The monoisotopic (exact) mass is 518 g/mol. The van der Waals surface area contributed by atoms with Crippen LogP contribution in [0.25, 0.3) is 22.8 Å². The van der Waals surface area contributed by atoms with Crippen LogP contribution in [0.5, 0.6) is 17.2 Å². The molecule has 1 amide bonds. The first kappa shape index (κ1) is 23.9. The van der Waals surface area contributed by atoms with Gasteiger partial charge in [0.2, 0.25) is 12.7 Å². The van der Waals surface area contributed by atoms with Crippen LogP contribution in [-0.2, 0) is 11.3 Å². The zero-order valence-corrected chi connectivity index (χ0v) is 20.3. The predicted octanol–water partition coefficient (Wildman–Crippen LogP) is 4.69. The molecule has 38 heavy (non-hydrogen) atoms. The molecule has 1 aromatic heterocycles. The number of hydrogen-bond acceptors (Lipinski definition) is 6. The average molecular weight is 519 g/mol. The summed E-state index contributed by atoms with van der Waals surface area (Å²) in [5.74, 6) is 2.01. The predicted molar refractivity (Wildman–Crippen MR) is 134 cm³/mol. The summed E-state index contributed by atoms with van der Waals surface area (Å²) in [6.07, 6.45) is 1.34. The molecule has 1 saturated heterocycles. The van der Waals surface area contributed by atoms with Crippen molar-refractivity contribution in [2.24, 2.45) is 0 Å². The van der Waals surface area contributed by atoms with Crippen molar-refractivity contribution in [3.63, 3.8) is 0 Å². The number of ether oxygens (including phenoxy) is 3. The van der Waals surface area contributed by atoms with Crippen molar-refractivity contribution in [1.82, 2.24) is 19.7 Å². The van der Waals surface area contributed by atoms with Gasteiger partial charge in [-0.25, -0.2) is 18.4 Å². The van der Waals surface area contributed by atoms with Crippen molar-refractivity contribution in [1.29, 1.82) is 0 Å². The van der Waals surface area contributed by atoms with Crippen LogP contribution in [0, 0.1) is 11.6 Å². The summed E-state index contributed by atoms with van der Waals surface area (Å²) in [6.45, 7) is 1.26. The third-order valence-electron chi connectivity index (χ3n) is 6.60. The number of carbonyl (C=O) groups is 1. The maximum absolute atomic E-state index is 13.5. The van der Waals surface area contributed by atoms with Gasteiger partial charge in [0, 0.05) is 43.1 Å². The van der Waals surface area contributed by atoms with Crippen molar-refractivity contribution in [2.75, 3.05) is 19.9 Å². The number of hydrogen-bond donors (Lipinski definition) is 0. The first-order chi connectivity index (χ1) is 18.5. The van der Waals surface area contributed by atoms with E-state index in [0.29, 0.717) is 66.0 Å². The highest BCUT2D eigenvalue weighted by Crippen LogP contribution is 2.36. The Bertz CT molecular complexity index is 1450. The summed E-state index contributed by atoms with van der Waals surface area (Å²) in [5, 5.41) is 4.54. The SMILES string of the molecule is O=C(Cn1nc(-c2ccc(F)cc2)nc1-c1ccc(F)cc1)N1CCC(Oc2ccc3c(c2)OCO3)CC1. The maximum Gasteiger partial charge on any atom is 0.244 e. The zero-order chi connectivity index (χ0) is 26.1. The van der Waals surface area contributed by atoms with E-state index >= 15 is 0 Å². The first-order valence-corrected chi connectivity index (χ1v) is 12.3. The molecule has 0 saturated carbocycles. The molecule has 0 atom stereocenters. The molecule has 4 aromatic rings. The van der Waals surface area contributed by atoms with E-state index in [-0.39, 0.29) is 37.0 Å². The van der Waals surface area contributed by atoms with Gasteiger partial charge < -0.3 is 19.1 Å². The minimum absolute atomic E-state index is 0.0225. The number of likely N-dealkylation sites (tertiary alicyclic amines) is 1. The lowest BCUT2D eigenvalue weighted by molar-refractivity contribution is -0.133. The molecule has 6 rings (SSSR count). The van der Waals surface area contributed by atoms with Crippen LogP contribution in [0.15, 0.2) is 66.7 Å². The van der Waals surface area contributed by atoms with Crippen molar-refractivity contribution < 1.29 is 27.8 Å². The van der Waals surface area contributed by atoms with E-state index in [2.05, 4.69) is 10.1 Å². The smallest absolute Gasteiger partial charge is 0.244 e. The number of amides is 1. The van der Waals surface area contributed by atoms with Crippen LogP contribution < -0.4 is 14.2 Å². The highest BCUT2D eigenvalue weighted by atomic mass is 19.1. The highest BCUT2D eigenvalue weighted by Gasteiger charge is 2.26. The van der Waals surface area contributed by atoms with Crippen molar-refractivity contribution in [2.45, 2.75) is 25.5 Å². The molecule has 1 fully saturated rings. The Kier molecular flexibility index (Phi) is 6.36. The van der Waals surface area contributed by atoms with Gasteiger partial charge in [-0.15, -0.1) is 5.10 Å². The Hall–Kier alpha value is -4.47. The second kappa shape index (κ2) is 10.1. The molecule has 3 heterocycles. The van der Waals surface area contributed by atoms with Crippen molar-refractivity contribution in [3.05, 3.63) is 78.4 Å². The number of nitrogens with zero attached hydrogens (tertiary/aromatic N) is 4. The van der Waals surface area contributed by atoms with E-state index < -0.39 is 0 Å². The summed E-state index contributed by atoms with van der Waals surface area (Å²) < 4.78 is 45.3. The van der Waals surface area contributed by atoms with Crippen LogP contribution in [0.3, 0.4) is 0 Å². The van der Waals surface area contributed by atoms with E-state index in [1.807, 2.05) is 18.2 Å². The Labute approximate surface area is 217 Å². The molecule has 0 radical (unpaired) electrons. The van der Waals surface area contributed by atoms with Gasteiger partial charge in [0.1, 0.15) is 30.0 Å². The molecule has 2 aliphatic heterocycles. The number of halogens is 2. The lowest BCUT2D eigenvalue weighted by Crippen LogP contribution is -2.43. The van der Waals surface area contributed by atoms with Crippen LogP contribution in [-0.4, -0.2) is 51.6 Å². The maximum atomic E-state index is 13.5. The lowest BCUT2D eigenvalue weighted by Gasteiger charge is -2.32. The van der Waals surface area contributed by atoms with Crippen LogP contribution in [0.4, 0.5) is 8.78 Å². The van der Waals surface area contributed by atoms with Crippen LogP contribution in [0.2, 0.25) is 0 Å². The van der Waals surface area contributed by atoms with Gasteiger partial charge in [-0.05, 0) is 60.7 Å². The molecule has 10 heteroatoms. The summed E-state index contributed by atoms with van der Waals surface area (Å²) in [5.41, 5.74) is 1.23. The summed E-state index contributed by atoms with van der Waals surface area (Å²) >= 11 is 0. The summed E-state index contributed by atoms with van der Waals surface area (Å²) in [4.78, 5) is 19.6. The zero-order valence-electron chi connectivity index (χ0n) is 20.3. The van der Waals surface area contributed by atoms with Gasteiger partial charge in [0.05, 0.1) is 0 Å². The Balaban J connectivity index is 1.14. The van der Waals surface area contributed by atoms with Crippen LogP contribution in [0.1, 0.15) is 12.8 Å². The average Bonchev–Trinajstić information content (AvgIpc) is 3.57. The number of aromatic nitrogens is 3. The van der Waals surface area contributed by atoms with Crippen molar-refractivity contribution in [3.8, 4) is 40.0 Å². The van der Waals surface area contributed by atoms with E-state index in [4.69, 9.17) is 14.2 Å². The van der Waals surface area contributed by atoms with E-state index in [1.165, 1.54) is 28.9 Å². The largest absolute Gasteiger partial charge is 0.490 e. The molecule has 0 bridgehead atoms. The second-order valence-electron chi connectivity index (χ2n) is 9.14. The number of benzene rings is 3. The minimum Gasteiger partial charge on any atom is -0.490 e. The summed E-state index contributed by atoms with van der Waals surface area (Å²) in [6, 6.07) is 17.2. The molecule has 3 aromatic carbocycles. The third-order valence-corrected chi connectivity index (χ3v) is 6.60. The van der Waals surface area contributed by atoms with Gasteiger partial charge in [0.15, 0.2) is 23.1 Å². The standard InChI is InChI=1S/C28H24F2N4O4/c29-20-5-1-18(2-6-20)27-31-28(19-3-7-21(30)8-4-19)34(32-27)16-26(35)33-13-11-22(12-14-33)38-23-9-10-24-25(15-23)37-17-36-24/h1-10,15,22H,11-14,16-17H2. The molecule has 0 N–H and O–H groups in total. The Morgan fingerprint density at radius 3 is 2.26 bits per heavy atom. The van der Waals surface area contributed by atoms with Gasteiger partial charge in [-0.1, -0.05) is 0 Å². The second-order valence-corrected chi connectivity index (χ2v) is 9.14. The van der Waals surface area contributed by atoms with E-state index in [1.54, 1.807) is 29.2 Å². The van der Waals surface area contributed by atoms with Crippen molar-refractivity contribution >= 4 is 5.91 Å².